The van der Waals surface area contributed by atoms with E-state index in [1.165, 1.54) is 0 Å². The molecule has 1 rings (SSSR count). The van der Waals surface area contributed by atoms with Crippen LogP contribution in [-0.2, 0) is 4.79 Å². The smallest absolute Gasteiger partial charge is 0.284 e. The maximum Gasteiger partial charge on any atom is 0.386 e. The first-order valence-electron chi connectivity index (χ1n) is 3.22. The van der Waals surface area contributed by atoms with Crippen molar-refractivity contribution < 1.29 is 39.9 Å². The minimum Gasteiger partial charge on any atom is -0.284 e. The Hall–Kier alpha value is -1.15. The van der Waals surface area contributed by atoms with Crippen LogP contribution in [0.15, 0.2) is 11.7 Å². The molecule has 0 saturated heterocycles. The van der Waals surface area contributed by atoms with Crippen LogP contribution in [0, 0.1) is 0 Å². The number of hydrogen-bond donors (Lipinski definition) is 0. The third-order valence-electron chi connectivity index (χ3n) is 1.74. The summed E-state index contributed by atoms with van der Waals surface area (Å²) >= 11 is 0. The van der Waals surface area contributed by atoms with Gasteiger partial charge in [0, 0.05) is 0 Å². The number of allylic oxidation sites excluding steroid dienone is 2. The minimum absolute atomic E-state index is 3.18. The molecular formula is C6F8O. The summed E-state index contributed by atoms with van der Waals surface area (Å²) < 4.78 is 97.9. The van der Waals surface area contributed by atoms with Gasteiger partial charge in [-0.2, -0.15) is 30.7 Å². The lowest BCUT2D eigenvalue weighted by molar-refractivity contribution is -0.293. The highest BCUT2D eigenvalue weighted by atomic mass is 19.3. The molecule has 0 heterocycles. The van der Waals surface area contributed by atoms with Gasteiger partial charge in [-0.3, -0.25) is 4.79 Å². The number of carbonyl (C=O) groups is 1. The zero-order valence-corrected chi connectivity index (χ0v) is 6.43. The van der Waals surface area contributed by atoms with E-state index in [-0.39, 0.29) is 0 Å². The third-order valence-corrected chi connectivity index (χ3v) is 1.74. The first kappa shape index (κ1) is 11.9. The van der Waals surface area contributed by atoms with Crippen LogP contribution >= 0.6 is 0 Å². The summed E-state index contributed by atoms with van der Waals surface area (Å²) in [6.07, 6.45) is 0. The number of hydrogen-bond acceptors (Lipinski definition) is 1. The van der Waals surface area contributed by atoms with Gasteiger partial charge in [0.1, 0.15) is 0 Å². The van der Waals surface area contributed by atoms with Gasteiger partial charge in [0.15, 0.2) is 0 Å². The van der Waals surface area contributed by atoms with E-state index in [4.69, 9.17) is 0 Å². The predicted molar refractivity (Wildman–Crippen MR) is 29.1 cm³/mol. The lowest BCUT2D eigenvalue weighted by atomic mass is 9.92. The zero-order valence-electron chi connectivity index (χ0n) is 6.43. The van der Waals surface area contributed by atoms with E-state index in [0.29, 0.717) is 0 Å². The Morgan fingerprint density at radius 1 is 0.800 bits per heavy atom. The van der Waals surface area contributed by atoms with E-state index in [1.54, 1.807) is 0 Å². The van der Waals surface area contributed by atoms with Crippen molar-refractivity contribution in [2.24, 2.45) is 0 Å². The van der Waals surface area contributed by atoms with Crippen molar-refractivity contribution in [2.75, 3.05) is 0 Å². The van der Waals surface area contributed by atoms with E-state index >= 15 is 0 Å². The molecule has 0 bridgehead atoms. The van der Waals surface area contributed by atoms with Crippen molar-refractivity contribution in [3.05, 3.63) is 11.7 Å². The second-order valence-electron chi connectivity index (χ2n) is 2.68. The van der Waals surface area contributed by atoms with Gasteiger partial charge in [-0.15, -0.1) is 0 Å². The molecule has 0 N–H and O–H groups in total. The highest BCUT2D eigenvalue weighted by Gasteiger charge is 2.80. The van der Waals surface area contributed by atoms with Crippen molar-refractivity contribution in [3.63, 3.8) is 0 Å². The molecule has 1 aliphatic rings. The topological polar surface area (TPSA) is 17.1 Å². The van der Waals surface area contributed by atoms with Gasteiger partial charge in [0.2, 0.25) is 11.7 Å². The van der Waals surface area contributed by atoms with E-state index in [9.17, 15) is 39.9 Å². The van der Waals surface area contributed by atoms with Gasteiger partial charge in [-0.1, -0.05) is 0 Å². The van der Waals surface area contributed by atoms with Crippen LogP contribution in [0.5, 0.6) is 0 Å². The van der Waals surface area contributed by atoms with Crippen LogP contribution in [-0.4, -0.2) is 23.6 Å². The molecule has 0 aromatic carbocycles. The van der Waals surface area contributed by atoms with Gasteiger partial charge < -0.3 is 0 Å². The van der Waals surface area contributed by atoms with E-state index in [0.717, 1.165) is 0 Å². The SMILES string of the molecule is O=C1C(F)=C(F)C(F)(F)C(F)(F)C1(F)F. The van der Waals surface area contributed by atoms with Crippen LogP contribution in [0.4, 0.5) is 35.1 Å². The molecule has 0 aromatic heterocycles. The Labute approximate surface area is 76.4 Å². The molecule has 86 valence electrons. The maximum absolute atomic E-state index is 12.3. The minimum atomic E-state index is -6.29. The lowest BCUT2D eigenvalue weighted by Crippen LogP contribution is -2.61. The van der Waals surface area contributed by atoms with Crippen molar-refractivity contribution in [2.45, 2.75) is 17.8 Å². The third kappa shape index (κ3) is 1.11. The summed E-state index contributed by atoms with van der Waals surface area (Å²) in [5.74, 6) is -28.3. The molecule has 0 spiro atoms. The molecular weight excluding hydrogens is 240 g/mol. The van der Waals surface area contributed by atoms with Crippen molar-refractivity contribution in [1.82, 2.24) is 0 Å². The normalized spacial score (nSPS) is 28.1. The van der Waals surface area contributed by atoms with Crippen molar-refractivity contribution in [1.29, 1.82) is 0 Å². The Morgan fingerprint density at radius 3 is 1.60 bits per heavy atom. The van der Waals surface area contributed by atoms with Crippen LogP contribution in [0.2, 0.25) is 0 Å². The summed E-state index contributed by atoms with van der Waals surface area (Å²) in [4.78, 5) is 10.1. The monoisotopic (exact) mass is 240 g/mol. The molecule has 0 aromatic rings. The lowest BCUT2D eigenvalue weighted by Gasteiger charge is -2.33. The molecule has 1 nitrogen and oxygen atoms in total. The summed E-state index contributed by atoms with van der Waals surface area (Å²) in [6, 6.07) is 0. The van der Waals surface area contributed by atoms with Crippen molar-refractivity contribution >= 4 is 5.78 Å². The van der Waals surface area contributed by atoms with E-state index in [1.807, 2.05) is 0 Å². The van der Waals surface area contributed by atoms with Gasteiger partial charge in [-0.05, 0) is 0 Å². The van der Waals surface area contributed by atoms with Gasteiger partial charge in [0.25, 0.3) is 5.78 Å². The van der Waals surface area contributed by atoms with Crippen LogP contribution in [0.25, 0.3) is 0 Å². The molecule has 1 aliphatic carbocycles. The summed E-state index contributed by atoms with van der Waals surface area (Å²) in [5, 5.41) is 0. The predicted octanol–water partition coefficient (Wildman–Crippen LogP) is 2.63. The Bertz CT molecular complexity index is 354. The number of halogens is 8. The first-order valence-corrected chi connectivity index (χ1v) is 3.22. The molecule has 0 atom stereocenters. The maximum atomic E-state index is 12.3. The fourth-order valence-electron chi connectivity index (χ4n) is 0.853. The van der Waals surface area contributed by atoms with Gasteiger partial charge in [-0.25, -0.2) is 4.39 Å². The Morgan fingerprint density at radius 2 is 1.20 bits per heavy atom. The highest BCUT2D eigenvalue weighted by Crippen LogP contribution is 2.54. The molecule has 9 heteroatoms. The highest BCUT2D eigenvalue weighted by molar-refractivity contribution is 6.01. The number of Topliss-reactive ketones (excluding diaryl/α,β-unsaturated/α-hetero) is 1. The standard InChI is InChI=1S/C6F8O/c7-1-2(8)4(9,10)6(13,14)5(11,12)3(1)15. The fraction of sp³-hybridized carbons (Fsp3) is 0.500. The molecule has 0 aliphatic heterocycles. The Balaban J connectivity index is 3.56. The number of alkyl halides is 6. The molecule has 0 radical (unpaired) electrons. The Kier molecular flexibility index (Phi) is 2.15. The zero-order chi connectivity index (χ0) is 12.2. The molecule has 15 heavy (non-hydrogen) atoms. The molecule has 0 unspecified atom stereocenters. The molecule has 0 amide bonds. The van der Waals surface area contributed by atoms with Crippen LogP contribution in [0.3, 0.4) is 0 Å². The fourth-order valence-corrected chi connectivity index (χ4v) is 0.853. The van der Waals surface area contributed by atoms with E-state index in [2.05, 4.69) is 0 Å². The number of carbonyl (C=O) groups excluding carboxylic acids is 1. The largest absolute Gasteiger partial charge is 0.386 e. The molecule has 0 fully saturated rings. The summed E-state index contributed by atoms with van der Waals surface area (Å²) in [6.45, 7) is 0. The van der Waals surface area contributed by atoms with Crippen LogP contribution in [0.1, 0.15) is 0 Å². The number of rotatable bonds is 0. The summed E-state index contributed by atoms with van der Waals surface area (Å²) in [5.41, 5.74) is 0. The molecule has 0 saturated carbocycles. The second kappa shape index (κ2) is 2.70. The van der Waals surface area contributed by atoms with Crippen LogP contribution < -0.4 is 0 Å². The quantitative estimate of drug-likeness (QED) is 0.595. The van der Waals surface area contributed by atoms with Gasteiger partial charge >= 0.3 is 17.8 Å². The first-order chi connectivity index (χ1) is 6.48. The van der Waals surface area contributed by atoms with E-state index < -0.39 is 35.2 Å². The van der Waals surface area contributed by atoms with Gasteiger partial charge in [0.05, 0.1) is 0 Å². The summed E-state index contributed by atoms with van der Waals surface area (Å²) in [7, 11) is 0. The number of ketones is 1. The second-order valence-corrected chi connectivity index (χ2v) is 2.68. The average Bonchev–Trinajstić information content (AvgIpc) is 2.12. The van der Waals surface area contributed by atoms with Crippen molar-refractivity contribution in [3.8, 4) is 0 Å². The average molecular weight is 240 g/mol.